The fraction of sp³-hybridized carbons (Fsp3) is 1.00. The quantitative estimate of drug-likeness (QED) is 0.265. The first-order chi connectivity index (χ1) is 16.0. The number of rotatable bonds is 11. The first kappa shape index (κ1) is 36.3. The molecule has 0 bridgehead atoms. The van der Waals surface area contributed by atoms with Crippen molar-refractivity contribution in [1.29, 1.82) is 0 Å². The van der Waals surface area contributed by atoms with Crippen LogP contribution >= 0.6 is 0 Å². The van der Waals surface area contributed by atoms with E-state index in [1.54, 1.807) is 0 Å². The maximum Gasteiger partial charge on any atom is 0.460 e. The lowest BCUT2D eigenvalue weighted by Gasteiger charge is -2.45. The van der Waals surface area contributed by atoms with E-state index < -0.39 is 78.1 Å². The molecule has 0 aromatic carbocycles. The van der Waals surface area contributed by atoms with Crippen LogP contribution in [-0.4, -0.2) is 88.3 Å². The Morgan fingerprint density at radius 3 is 0.711 bits per heavy atom. The molecule has 1 unspecified atom stereocenters. The van der Waals surface area contributed by atoms with E-state index in [2.05, 4.69) is 0 Å². The van der Waals surface area contributed by atoms with Crippen molar-refractivity contribution in [3.63, 3.8) is 0 Å². The standard InChI is InChI=1S/C13H5F23O2/c14-3(15,2(38)1-37)4(16,17)5(18,19)6(20,21)7(22,23)8(24,25)9(26,27)10(28,29)11(30,31)12(32,33)13(34,35)36/h2,37-38H,1H2. The summed E-state index contributed by atoms with van der Waals surface area (Å²) in [7, 11) is 0. The van der Waals surface area contributed by atoms with Crippen LogP contribution in [0.1, 0.15) is 0 Å². The molecule has 230 valence electrons. The molecule has 0 aliphatic heterocycles. The topological polar surface area (TPSA) is 40.5 Å². The van der Waals surface area contributed by atoms with Gasteiger partial charge in [0, 0.05) is 0 Å². The summed E-state index contributed by atoms with van der Waals surface area (Å²) in [5.74, 6) is -89.0. The van der Waals surface area contributed by atoms with Gasteiger partial charge in [-0.15, -0.1) is 0 Å². The minimum absolute atomic E-state index is 2.83. The highest BCUT2D eigenvalue weighted by Crippen LogP contribution is 2.67. The lowest BCUT2D eigenvalue weighted by molar-refractivity contribution is -0.479. The van der Waals surface area contributed by atoms with E-state index in [0.29, 0.717) is 0 Å². The summed E-state index contributed by atoms with van der Waals surface area (Å²) in [6.45, 7) is -2.83. The smallest absolute Gasteiger partial charge is 0.393 e. The van der Waals surface area contributed by atoms with Crippen LogP contribution < -0.4 is 0 Å². The Morgan fingerprint density at radius 1 is 0.342 bits per heavy atom. The van der Waals surface area contributed by atoms with E-state index in [9.17, 15) is 101 Å². The highest BCUT2D eigenvalue weighted by Gasteiger charge is 2.99. The first-order valence-electron chi connectivity index (χ1n) is 8.12. The van der Waals surface area contributed by atoms with Gasteiger partial charge in [0.05, 0.1) is 6.61 Å². The molecule has 0 saturated carbocycles. The number of hydrogen-bond acceptors (Lipinski definition) is 2. The molecule has 0 aromatic rings. The van der Waals surface area contributed by atoms with Gasteiger partial charge in [-0.05, 0) is 0 Å². The second-order valence-corrected chi connectivity index (χ2v) is 6.99. The molecule has 0 aromatic heterocycles. The van der Waals surface area contributed by atoms with E-state index in [-0.39, 0.29) is 0 Å². The first-order valence-corrected chi connectivity index (χ1v) is 8.12. The third kappa shape index (κ3) is 4.10. The lowest BCUT2D eigenvalue weighted by atomic mass is 9.84. The normalized spacial score (nSPS) is 17.6. The van der Waals surface area contributed by atoms with Crippen LogP contribution in [0, 0.1) is 0 Å². The Balaban J connectivity index is 7.23. The SMILES string of the molecule is OCC(O)C(F)(F)C(F)(F)C(F)(F)C(F)(F)C(F)(F)C(F)(F)C(F)(F)C(F)(F)C(F)(F)C(F)(F)C(F)(F)F. The van der Waals surface area contributed by atoms with Gasteiger partial charge in [-0.1, -0.05) is 0 Å². The van der Waals surface area contributed by atoms with Crippen LogP contribution in [0.5, 0.6) is 0 Å². The molecule has 0 amide bonds. The molecule has 2 nitrogen and oxygen atoms in total. The second-order valence-electron chi connectivity index (χ2n) is 6.99. The Kier molecular flexibility index (Phi) is 8.51. The molecule has 0 aliphatic rings. The van der Waals surface area contributed by atoms with Gasteiger partial charge in [0.1, 0.15) is 6.10 Å². The van der Waals surface area contributed by atoms with E-state index in [0.717, 1.165) is 0 Å². The van der Waals surface area contributed by atoms with Crippen LogP contribution in [0.2, 0.25) is 0 Å². The summed E-state index contributed by atoms with van der Waals surface area (Å²) in [6, 6.07) is 0. The van der Waals surface area contributed by atoms with Gasteiger partial charge in [0.15, 0.2) is 0 Å². The molecule has 1 atom stereocenters. The van der Waals surface area contributed by atoms with Crippen LogP contribution in [0.3, 0.4) is 0 Å². The Hall–Kier alpha value is -1.69. The molecule has 0 fully saturated rings. The summed E-state index contributed by atoms with van der Waals surface area (Å²) in [5.41, 5.74) is 0. The van der Waals surface area contributed by atoms with Gasteiger partial charge in [0.2, 0.25) is 0 Å². The van der Waals surface area contributed by atoms with Crippen molar-refractivity contribution in [2.24, 2.45) is 0 Å². The van der Waals surface area contributed by atoms with Crippen molar-refractivity contribution in [3.8, 4) is 0 Å². The summed E-state index contributed by atoms with van der Waals surface area (Å²) in [6.07, 6.45) is -12.8. The largest absolute Gasteiger partial charge is 0.460 e. The molecule has 0 saturated heterocycles. The fourth-order valence-corrected chi connectivity index (χ4v) is 2.09. The number of alkyl halides is 23. The third-order valence-corrected chi connectivity index (χ3v) is 4.52. The Morgan fingerprint density at radius 2 is 0.526 bits per heavy atom. The zero-order chi connectivity index (χ0) is 31.8. The van der Waals surface area contributed by atoms with Gasteiger partial charge in [-0.25, -0.2) is 0 Å². The molecule has 0 heterocycles. The van der Waals surface area contributed by atoms with Crippen molar-refractivity contribution < 1.29 is 111 Å². The third-order valence-electron chi connectivity index (χ3n) is 4.52. The average Bonchev–Trinajstić information content (AvgIpc) is 2.70. The Bertz CT molecular complexity index is 854. The molecule has 0 rings (SSSR count). The summed E-state index contributed by atoms with van der Waals surface area (Å²) >= 11 is 0. The van der Waals surface area contributed by atoms with Crippen molar-refractivity contribution in [2.75, 3.05) is 6.61 Å². The van der Waals surface area contributed by atoms with E-state index >= 15 is 0 Å². The highest BCUT2D eigenvalue weighted by molar-refractivity contribution is 5.19. The van der Waals surface area contributed by atoms with E-state index in [4.69, 9.17) is 10.2 Å². The number of hydrogen-bond donors (Lipinski definition) is 2. The van der Waals surface area contributed by atoms with Crippen molar-refractivity contribution in [3.05, 3.63) is 0 Å². The minimum Gasteiger partial charge on any atom is -0.393 e. The summed E-state index contributed by atoms with van der Waals surface area (Å²) < 4.78 is 301. The van der Waals surface area contributed by atoms with Gasteiger partial charge >= 0.3 is 65.4 Å². The minimum atomic E-state index is -9.47. The maximum absolute atomic E-state index is 13.5. The molecule has 25 heteroatoms. The molecule has 0 spiro atoms. The van der Waals surface area contributed by atoms with Gasteiger partial charge in [-0.2, -0.15) is 101 Å². The van der Waals surface area contributed by atoms with Gasteiger partial charge < -0.3 is 10.2 Å². The molecular formula is C13H5F23O2. The number of aliphatic hydroxyl groups excluding tert-OH is 2. The summed E-state index contributed by atoms with van der Waals surface area (Å²) in [5, 5.41) is 16.3. The Labute approximate surface area is 191 Å². The predicted octanol–water partition coefficient (Wildman–Crippen LogP) is 6.25. The molecule has 0 radical (unpaired) electrons. The van der Waals surface area contributed by atoms with Gasteiger partial charge in [0.25, 0.3) is 0 Å². The highest BCUT2D eigenvalue weighted by atomic mass is 19.4. The summed E-state index contributed by atoms with van der Waals surface area (Å²) in [4.78, 5) is 0. The number of aliphatic hydroxyl groups is 2. The lowest BCUT2D eigenvalue weighted by Crippen LogP contribution is -2.78. The predicted molar refractivity (Wildman–Crippen MR) is 68.6 cm³/mol. The van der Waals surface area contributed by atoms with E-state index in [1.807, 2.05) is 0 Å². The molecule has 38 heavy (non-hydrogen) atoms. The number of halogens is 23. The van der Waals surface area contributed by atoms with Crippen molar-refractivity contribution >= 4 is 0 Å². The zero-order valence-corrected chi connectivity index (χ0v) is 16.4. The molecule has 2 N–H and O–H groups in total. The molecule has 0 aliphatic carbocycles. The average molecular weight is 630 g/mol. The van der Waals surface area contributed by atoms with Crippen LogP contribution in [-0.2, 0) is 0 Å². The second kappa shape index (κ2) is 8.91. The van der Waals surface area contributed by atoms with E-state index in [1.165, 1.54) is 0 Å². The van der Waals surface area contributed by atoms with Crippen LogP contribution in [0.4, 0.5) is 101 Å². The van der Waals surface area contributed by atoms with Crippen molar-refractivity contribution in [1.82, 2.24) is 0 Å². The van der Waals surface area contributed by atoms with Crippen molar-refractivity contribution in [2.45, 2.75) is 71.5 Å². The fourth-order valence-electron chi connectivity index (χ4n) is 2.09. The monoisotopic (exact) mass is 630 g/mol. The van der Waals surface area contributed by atoms with Gasteiger partial charge in [-0.3, -0.25) is 0 Å². The zero-order valence-electron chi connectivity index (χ0n) is 16.4. The molecular weight excluding hydrogens is 625 g/mol. The maximum atomic E-state index is 13.5. The van der Waals surface area contributed by atoms with Crippen LogP contribution in [0.25, 0.3) is 0 Å². The van der Waals surface area contributed by atoms with Crippen LogP contribution in [0.15, 0.2) is 0 Å².